The summed E-state index contributed by atoms with van der Waals surface area (Å²) in [5.74, 6) is -4.16. The van der Waals surface area contributed by atoms with E-state index in [1.807, 2.05) is 0 Å². The minimum atomic E-state index is -5.07. The summed E-state index contributed by atoms with van der Waals surface area (Å²) in [5.41, 5.74) is -3.60. The van der Waals surface area contributed by atoms with Gasteiger partial charge in [0.1, 0.15) is 12.2 Å². The zero-order chi connectivity index (χ0) is 20.5. The Kier molecular flexibility index (Phi) is 4.86. The van der Waals surface area contributed by atoms with E-state index >= 15 is 0 Å². The number of hydrogen-bond acceptors (Lipinski definition) is 5. The van der Waals surface area contributed by atoms with E-state index in [2.05, 4.69) is 20.2 Å². The summed E-state index contributed by atoms with van der Waals surface area (Å²) in [6, 6.07) is 2.63. The fourth-order valence-electron chi connectivity index (χ4n) is 2.32. The van der Waals surface area contributed by atoms with E-state index in [0.29, 0.717) is 5.82 Å². The fourth-order valence-corrected chi connectivity index (χ4v) is 2.32. The molecular formula is C16H9F4N5O3. The van der Waals surface area contributed by atoms with Crippen LogP contribution in [0.25, 0.3) is 5.82 Å². The third-order valence-corrected chi connectivity index (χ3v) is 3.63. The van der Waals surface area contributed by atoms with Gasteiger partial charge in [-0.05, 0) is 18.2 Å². The predicted octanol–water partition coefficient (Wildman–Crippen LogP) is 2.44. The Balaban J connectivity index is 1.90. The van der Waals surface area contributed by atoms with Crippen LogP contribution in [0.4, 0.5) is 17.6 Å². The van der Waals surface area contributed by atoms with Gasteiger partial charge in [0.25, 0.3) is 5.91 Å². The van der Waals surface area contributed by atoms with Gasteiger partial charge in [-0.2, -0.15) is 13.2 Å². The fraction of sp³-hybridized carbons (Fsp3) is 0.125. The zero-order valence-electron chi connectivity index (χ0n) is 13.7. The molecule has 0 aromatic carbocycles. The molecule has 0 bridgehead atoms. The SMILES string of the molecule is O=C(O)C1=CC(C(F)(F)F)=C(F)CC1=NC(=O)c1ccc(-n2ccnc2)nn1. The number of carboxylic acids is 1. The molecule has 3 rings (SSSR count). The van der Waals surface area contributed by atoms with Crippen LogP contribution in [0.3, 0.4) is 0 Å². The van der Waals surface area contributed by atoms with Crippen LogP contribution in [0, 0.1) is 0 Å². The predicted molar refractivity (Wildman–Crippen MR) is 85.4 cm³/mol. The van der Waals surface area contributed by atoms with Crippen LogP contribution in [0.15, 0.2) is 58.9 Å². The highest BCUT2D eigenvalue weighted by atomic mass is 19.4. The molecule has 12 heteroatoms. The minimum absolute atomic E-state index is 0.112. The molecule has 1 amide bonds. The van der Waals surface area contributed by atoms with Crippen molar-refractivity contribution in [1.82, 2.24) is 19.7 Å². The van der Waals surface area contributed by atoms with Crippen LogP contribution in [-0.2, 0) is 4.79 Å². The monoisotopic (exact) mass is 395 g/mol. The van der Waals surface area contributed by atoms with E-state index in [4.69, 9.17) is 5.11 Å². The van der Waals surface area contributed by atoms with E-state index in [-0.39, 0.29) is 11.8 Å². The number of rotatable bonds is 3. The highest BCUT2D eigenvalue weighted by Gasteiger charge is 2.39. The molecule has 0 saturated heterocycles. The zero-order valence-corrected chi connectivity index (χ0v) is 13.7. The molecule has 0 unspecified atom stereocenters. The van der Waals surface area contributed by atoms with Gasteiger partial charge < -0.3 is 5.11 Å². The van der Waals surface area contributed by atoms with Crippen LogP contribution < -0.4 is 0 Å². The molecule has 0 fully saturated rings. The lowest BCUT2D eigenvalue weighted by atomic mass is 9.96. The Morgan fingerprint density at radius 1 is 1.21 bits per heavy atom. The maximum atomic E-state index is 13.8. The number of alkyl halides is 3. The molecule has 1 aliphatic carbocycles. The molecular weight excluding hydrogens is 386 g/mol. The number of halogens is 4. The van der Waals surface area contributed by atoms with Crippen LogP contribution in [0.2, 0.25) is 0 Å². The third-order valence-electron chi connectivity index (χ3n) is 3.63. The van der Waals surface area contributed by atoms with E-state index < -0.39 is 47.2 Å². The molecule has 0 atom stereocenters. The number of aliphatic imine (C=N–C) groups is 1. The quantitative estimate of drug-likeness (QED) is 0.800. The number of hydrogen-bond donors (Lipinski definition) is 1. The van der Waals surface area contributed by atoms with Gasteiger partial charge >= 0.3 is 12.1 Å². The first-order valence-electron chi connectivity index (χ1n) is 7.52. The van der Waals surface area contributed by atoms with Crippen LogP contribution in [0.5, 0.6) is 0 Å². The number of nitrogens with zero attached hydrogens (tertiary/aromatic N) is 5. The molecule has 2 heterocycles. The first-order valence-corrected chi connectivity index (χ1v) is 7.52. The number of carbonyl (C=O) groups excluding carboxylic acids is 1. The molecule has 0 aliphatic heterocycles. The van der Waals surface area contributed by atoms with Gasteiger partial charge in [-0.3, -0.25) is 9.36 Å². The van der Waals surface area contributed by atoms with Crippen molar-refractivity contribution in [3.63, 3.8) is 0 Å². The third kappa shape index (κ3) is 3.84. The molecule has 0 saturated carbocycles. The Morgan fingerprint density at radius 2 is 1.96 bits per heavy atom. The standard InChI is InChI=1S/C16H9F4N5O3/c17-10-6-12(8(15(27)28)5-9(10)16(18,19)20)22-14(26)11-1-2-13(24-23-11)25-4-3-21-7-25/h1-5,7H,6H2,(H,27,28). The summed E-state index contributed by atoms with van der Waals surface area (Å²) in [6.07, 6.45) is -1.54. The van der Waals surface area contributed by atoms with Crippen molar-refractivity contribution in [2.75, 3.05) is 0 Å². The second-order valence-electron chi connectivity index (χ2n) is 5.47. The molecule has 28 heavy (non-hydrogen) atoms. The summed E-state index contributed by atoms with van der Waals surface area (Å²) in [4.78, 5) is 30.6. The molecule has 0 spiro atoms. The van der Waals surface area contributed by atoms with Gasteiger partial charge in [0.05, 0.1) is 16.9 Å². The van der Waals surface area contributed by atoms with Crippen molar-refractivity contribution in [1.29, 1.82) is 0 Å². The number of carboxylic acid groups (broad SMARTS) is 1. The summed E-state index contributed by atoms with van der Waals surface area (Å²) in [6.45, 7) is 0. The van der Waals surface area contributed by atoms with Gasteiger partial charge in [0.2, 0.25) is 0 Å². The van der Waals surface area contributed by atoms with Crippen molar-refractivity contribution >= 4 is 17.6 Å². The largest absolute Gasteiger partial charge is 0.478 e. The molecule has 144 valence electrons. The average molecular weight is 395 g/mol. The lowest BCUT2D eigenvalue weighted by Gasteiger charge is -2.17. The highest BCUT2D eigenvalue weighted by Crippen LogP contribution is 2.35. The normalized spacial score (nSPS) is 16.3. The second kappa shape index (κ2) is 7.13. The van der Waals surface area contributed by atoms with E-state index in [0.717, 1.165) is 0 Å². The lowest BCUT2D eigenvalue weighted by Crippen LogP contribution is -2.23. The van der Waals surface area contributed by atoms with Crippen molar-refractivity contribution in [3.8, 4) is 5.82 Å². The Hall–Kier alpha value is -3.70. The van der Waals surface area contributed by atoms with Gasteiger partial charge in [-0.25, -0.2) is 19.2 Å². The van der Waals surface area contributed by atoms with E-state index in [1.54, 1.807) is 6.20 Å². The van der Waals surface area contributed by atoms with Gasteiger partial charge in [-0.15, -0.1) is 10.2 Å². The summed E-state index contributed by atoms with van der Waals surface area (Å²) in [5, 5.41) is 16.5. The highest BCUT2D eigenvalue weighted by molar-refractivity contribution is 6.23. The van der Waals surface area contributed by atoms with Crippen molar-refractivity contribution in [2.24, 2.45) is 4.99 Å². The first-order chi connectivity index (χ1) is 13.2. The Labute approximate surface area is 153 Å². The number of allylic oxidation sites excluding steroid dienone is 3. The van der Waals surface area contributed by atoms with Crippen molar-refractivity contribution < 1.29 is 32.3 Å². The minimum Gasteiger partial charge on any atom is -0.478 e. The Morgan fingerprint density at radius 3 is 2.50 bits per heavy atom. The topological polar surface area (TPSA) is 110 Å². The van der Waals surface area contributed by atoms with Gasteiger partial charge in [-0.1, -0.05) is 0 Å². The summed E-state index contributed by atoms with van der Waals surface area (Å²) >= 11 is 0. The summed E-state index contributed by atoms with van der Waals surface area (Å²) in [7, 11) is 0. The number of aliphatic carboxylic acids is 1. The molecule has 2 aromatic heterocycles. The first kappa shape index (κ1) is 19.1. The van der Waals surface area contributed by atoms with Crippen LogP contribution in [0.1, 0.15) is 16.9 Å². The second-order valence-corrected chi connectivity index (χ2v) is 5.47. The molecule has 0 radical (unpaired) electrons. The van der Waals surface area contributed by atoms with Crippen LogP contribution >= 0.6 is 0 Å². The molecule has 1 N–H and O–H groups in total. The van der Waals surface area contributed by atoms with Crippen LogP contribution in [-0.4, -0.2) is 48.6 Å². The van der Waals surface area contributed by atoms with Gasteiger partial charge in [0.15, 0.2) is 11.5 Å². The molecule has 8 nitrogen and oxygen atoms in total. The molecule has 2 aromatic rings. The number of imidazole rings is 1. The number of amides is 1. The lowest BCUT2D eigenvalue weighted by molar-refractivity contribution is -0.132. The average Bonchev–Trinajstić information content (AvgIpc) is 3.15. The number of aromatic nitrogens is 4. The molecule has 1 aliphatic rings. The Bertz CT molecular complexity index is 1020. The summed E-state index contributed by atoms with van der Waals surface area (Å²) < 4.78 is 53.6. The van der Waals surface area contributed by atoms with Gasteiger partial charge in [0, 0.05) is 18.8 Å². The van der Waals surface area contributed by atoms with E-state index in [9.17, 15) is 27.2 Å². The number of carbonyl (C=O) groups is 2. The van der Waals surface area contributed by atoms with E-state index in [1.165, 1.54) is 29.2 Å². The maximum absolute atomic E-state index is 13.8. The van der Waals surface area contributed by atoms with Crippen molar-refractivity contribution in [3.05, 3.63) is 59.6 Å². The van der Waals surface area contributed by atoms with Crippen molar-refractivity contribution in [2.45, 2.75) is 12.6 Å². The smallest absolute Gasteiger partial charge is 0.418 e. The maximum Gasteiger partial charge on any atom is 0.418 e.